The Morgan fingerprint density at radius 2 is 1.77 bits per heavy atom. The van der Waals surface area contributed by atoms with Gasteiger partial charge >= 0.3 is 0 Å². The van der Waals surface area contributed by atoms with Crippen LogP contribution in [-0.4, -0.2) is 15.5 Å². The van der Waals surface area contributed by atoms with Crippen molar-refractivity contribution in [3.8, 4) is 11.5 Å². The minimum atomic E-state index is -0.247. The monoisotopic (exact) mass is 413 g/mol. The summed E-state index contributed by atoms with van der Waals surface area (Å²) in [6, 6.07) is 20.2. The maximum Gasteiger partial charge on any atom is 0.272 e. The van der Waals surface area contributed by atoms with Gasteiger partial charge in [0, 0.05) is 17.8 Å². The zero-order valence-corrected chi connectivity index (χ0v) is 17.7. The first-order chi connectivity index (χ1) is 14.9. The first kappa shape index (κ1) is 20.3. The number of hydrogen-bond acceptors (Lipinski definition) is 4. The average molecular weight is 413 g/mol. The van der Waals surface area contributed by atoms with Crippen molar-refractivity contribution in [2.45, 2.75) is 27.3 Å². The molecule has 0 aliphatic rings. The number of hydrogen-bond donors (Lipinski definition) is 1. The van der Waals surface area contributed by atoms with Crippen molar-refractivity contribution in [2.24, 2.45) is 0 Å². The van der Waals surface area contributed by atoms with Gasteiger partial charge in [0.2, 0.25) is 0 Å². The molecule has 1 amide bonds. The predicted octanol–water partition coefficient (Wildman–Crippen LogP) is 5.08. The molecular formula is C25H23N3O3. The highest BCUT2D eigenvalue weighted by Gasteiger charge is 2.11. The lowest BCUT2D eigenvalue weighted by molar-refractivity contribution is 0.102. The van der Waals surface area contributed by atoms with E-state index < -0.39 is 0 Å². The van der Waals surface area contributed by atoms with Gasteiger partial charge in [0.05, 0.1) is 11.0 Å². The topological polar surface area (TPSA) is 73.2 Å². The second-order valence-corrected chi connectivity index (χ2v) is 7.35. The highest BCUT2D eigenvalue weighted by atomic mass is 16.5. The van der Waals surface area contributed by atoms with E-state index in [0.717, 1.165) is 11.3 Å². The Bertz CT molecular complexity index is 1320. The standard InChI is InChI=1S/C25H23N3O3/c1-4-28-23-13-8-18(15-22(23)26-17(3)25(28)30)24(29)27-19-9-11-20(12-10-19)31-21-7-5-6-16(2)14-21/h5-15H,4H2,1-3H3,(H,27,29). The van der Waals surface area contributed by atoms with E-state index in [9.17, 15) is 9.59 Å². The van der Waals surface area contributed by atoms with Gasteiger partial charge in [-0.1, -0.05) is 12.1 Å². The van der Waals surface area contributed by atoms with Crippen LogP contribution in [0.2, 0.25) is 0 Å². The van der Waals surface area contributed by atoms with E-state index in [-0.39, 0.29) is 11.5 Å². The SMILES string of the molecule is CCn1c(=O)c(C)nc2cc(C(=O)Nc3ccc(Oc4cccc(C)c4)cc3)ccc21. The molecule has 1 aromatic heterocycles. The molecule has 31 heavy (non-hydrogen) atoms. The summed E-state index contributed by atoms with van der Waals surface area (Å²) in [6.07, 6.45) is 0. The summed E-state index contributed by atoms with van der Waals surface area (Å²) < 4.78 is 7.50. The van der Waals surface area contributed by atoms with Crippen LogP contribution in [0.5, 0.6) is 11.5 Å². The van der Waals surface area contributed by atoms with Gasteiger partial charge < -0.3 is 14.6 Å². The number of carbonyl (C=O) groups excluding carboxylic acids is 1. The summed E-state index contributed by atoms with van der Waals surface area (Å²) in [5.41, 5.74) is 3.89. The van der Waals surface area contributed by atoms with Crippen molar-refractivity contribution in [1.29, 1.82) is 0 Å². The molecule has 4 rings (SSSR count). The summed E-state index contributed by atoms with van der Waals surface area (Å²) in [5, 5.41) is 2.89. The van der Waals surface area contributed by atoms with Crippen molar-refractivity contribution < 1.29 is 9.53 Å². The van der Waals surface area contributed by atoms with Crippen molar-refractivity contribution in [2.75, 3.05) is 5.32 Å². The number of nitrogens with one attached hydrogen (secondary N) is 1. The largest absolute Gasteiger partial charge is 0.457 e. The van der Waals surface area contributed by atoms with Gasteiger partial charge in [0.1, 0.15) is 17.2 Å². The van der Waals surface area contributed by atoms with Gasteiger partial charge in [-0.25, -0.2) is 4.98 Å². The Hall–Kier alpha value is -3.93. The second-order valence-electron chi connectivity index (χ2n) is 7.35. The average Bonchev–Trinajstić information content (AvgIpc) is 2.76. The van der Waals surface area contributed by atoms with Crippen molar-refractivity contribution >= 4 is 22.6 Å². The van der Waals surface area contributed by atoms with Gasteiger partial charge in [-0.05, 0) is 80.9 Å². The molecule has 0 aliphatic carbocycles. The van der Waals surface area contributed by atoms with Crippen LogP contribution in [0, 0.1) is 13.8 Å². The third kappa shape index (κ3) is 4.33. The number of fused-ring (bicyclic) bond motifs is 1. The molecule has 3 aromatic carbocycles. The number of carbonyl (C=O) groups is 1. The summed E-state index contributed by atoms with van der Waals surface area (Å²) in [7, 11) is 0. The number of nitrogens with zero attached hydrogens (tertiary/aromatic N) is 2. The van der Waals surface area contributed by atoms with E-state index in [1.54, 1.807) is 41.8 Å². The molecule has 0 radical (unpaired) electrons. The molecular weight excluding hydrogens is 390 g/mol. The molecule has 4 aromatic rings. The second kappa shape index (κ2) is 8.44. The minimum Gasteiger partial charge on any atom is -0.457 e. The Kier molecular flexibility index (Phi) is 5.54. The van der Waals surface area contributed by atoms with E-state index in [1.807, 2.05) is 50.2 Å². The van der Waals surface area contributed by atoms with E-state index in [2.05, 4.69) is 10.3 Å². The number of benzene rings is 3. The van der Waals surface area contributed by atoms with E-state index in [4.69, 9.17) is 4.74 Å². The van der Waals surface area contributed by atoms with Gasteiger partial charge in [0.25, 0.3) is 11.5 Å². The summed E-state index contributed by atoms with van der Waals surface area (Å²) in [5.74, 6) is 1.20. The summed E-state index contributed by atoms with van der Waals surface area (Å²) >= 11 is 0. The number of aromatic nitrogens is 2. The fourth-order valence-corrected chi connectivity index (χ4v) is 3.45. The molecule has 0 fully saturated rings. The number of aryl methyl sites for hydroxylation is 3. The number of ether oxygens (including phenoxy) is 1. The molecule has 0 saturated carbocycles. The molecule has 0 bridgehead atoms. The van der Waals surface area contributed by atoms with Gasteiger partial charge in [-0.3, -0.25) is 9.59 Å². The third-order valence-electron chi connectivity index (χ3n) is 5.02. The third-order valence-corrected chi connectivity index (χ3v) is 5.02. The van der Waals surface area contributed by atoms with Crippen LogP contribution >= 0.6 is 0 Å². The maximum atomic E-state index is 12.7. The Morgan fingerprint density at radius 1 is 1.00 bits per heavy atom. The number of anilines is 1. The summed E-state index contributed by atoms with van der Waals surface area (Å²) in [4.78, 5) is 29.3. The van der Waals surface area contributed by atoms with E-state index in [0.29, 0.717) is 40.3 Å². The van der Waals surface area contributed by atoms with E-state index >= 15 is 0 Å². The Balaban J connectivity index is 1.52. The van der Waals surface area contributed by atoms with Crippen LogP contribution in [0.25, 0.3) is 11.0 Å². The van der Waals surface area contributed by atoms with Crippen molar-refractivity contribution in [3.63, 3.8) is 0 Å². The molecule has 0 saturated heterocycles. The molecule has 156 valence electrons. The lowest BCUT2D eigenvalue weighted by Gasteiger charge is -2.11. The van der Waals surface area contributed by atoms with Crippen molar-refractivity contribution in [3.05, 3.63) is 93.9 Å². The first-order valence-electron chi connectivity index (χ1n) is 10.1. The number of rotatable bonds is 5. The first-order valence-corrected chi connectivity index (χ1v) is 10.1. The normalized spacial score (nSPS) is 10.8. The van der Waals surface area contributed by atoms with Gasteiger partial charge in [-0.15, -0.1) is 0 Å². The Morgan fingerprint density at radius 3 is 2.48 bits per heavy atom. The molecule has 0 spiro atoms. The zero-order valence-electron chi connectivity index (χ0n) is 17.7. The van der Waals surface area contributed by atoms with Crippen LogP contribution < -0.4 is 15.6 Å². The van der Waals surface area contributed by atoms with Crippen LogP contribution in [-0.2, 0) is 6.54 Å². The smallest absolute Gasteiger partial charge is 0.272 e. The predicted molar refractivity (Wildman–Crippen MR) is 122 cm³/mol. The van der Waals surface area contributed by atoms with Crippen LogP contribution in [0.4, 0.5) is 5.69 Å². The quantitative estimate of drug-likeness (QED) is 0.495. The lowest BCUT2D eigenvalue weighted by Crippen LogP contribution is -2.23. The molecule has 0 unspecified atom stereocenters. The maximum absolute atomic E-state index is 12.7. The van der Waals surface area contributed by atoms with Crippen LogP contribution in [0.15, 0.2) is 71.5 Å². The fourth-order valence-electron chi connectivity index (χ4n) is 3.45. The molecule has 1 N–H and O–H groups in total. The van der Waals surface area contributed by atoms with Crippen LogP contribution in [0.3, 0.4) is 0 Å². The minimum absolute atomic E-state index is 0.111. The van der Waals surface area contributed by atoms with Gasteiger partial charge in [-0.2, -0.15) is 0 Å². The molecule has 0 atom stereocenters. The van der Waals surface area contributed by atoms with E-state index in [1.165, 1.54) is 0 Å². The highest BCUT2D eigenvalue weighted by Crippen LogP contribution is 2.24. The highest BCUT2D eigenvalue weighted by molar-refractivity contribution is 6.05. The summed E-state index contributed by atoms with van der Waals surface area (Å²) in [6.45, 7) is 6.14. The van der Waals surface area contributed by atoms with Crippen LogP contribution in [0.1, 0.15) is 28.5 Å². The fraction of sp³-hybridized carbons (Fsp3) is 0.160. The Labute approximate surface area is 180 Å². The zero-order chi connectivity index (χ0) is 22.0. The van der Waals surface area contributed by atoms with Gasteiger partial charge in [0.15, 0.2) is 0 Å². The lowest BCUT2D eigenvalue weighted by atomic mass is 10.1. The molecule has 0 aliphatic heterocycles. The van der Waals surface area contributed by atoms with Crippen molar-refractivity contribution in [1.82, 2.24) is 9.55 Å². The molecule has 6 nitrogen and oxygen atoms in total. The number of amides is 1. The molecule has 1 heterocycles. The molecule has 6 heteroatoms.